The number of alkyl halides is 3. The van der Waals surface area contributed by atoms with Crippen LogP contribution in [0.15, 0.2) is 24.3 Å². The van der Waals surface area contributed by atoms with Gasteiger partial charge in [0.15, 0.2) is 6.23 Å². The van der Waals surface area contributed by atoms with E-state index in [2.05, 4.69) is 5.32 Å². The molecule has 142 valence electrons. The van der Waals surface area contributed by atoms with Crippen molar-refractivity contribution in [3.8, 4) is 0 Å². The predicted octanol–water partition coefficient (Wildman–Crippen LogP) is 3.04. The fraction of sp³-hybridized carbons (Fsp3) is 0.471. The average Bonchev–Trinajstić information content (AvgIpc) is 2.82. The van der Waals surface area contributed by atoms with Gasteiger partial charge in [-0.2, -0.15) is 0 Å². The number of hydrogen-bond acceptors (Lipinski definition) is 4. The lowest BCUT2D eigenvalue weighted by Gasteiger charge is -2.19. The number of unbranched alkanes of at least 4 members (excludes halogenated alkanes) is 3. The summed E-state index contributed by atoms with van der Waals surface area (Å²) in [6.07, 6.45) is 1.36. The van der Waals surface area contributed by atoms with Gasteiger partial charge in [-0.1, -0.05) is 59.8 Å². The third kappa shape index (κ3) is 5.33. The Morgan fingerprint density at radius 3 is 2.12 bits per heavy atom. The number of hydrogen-bond donors (Lipinski definition) is 2. The number of carbonyl (C=O) groups is 3. The molecular weight excluding hydrogens is 403 g/mol. The van der Waals surface area contributed by atoms with E-state index in [9.17, 15) is 19.5 Å². The van der Waals surface area contributed by atoms with E-state index in [-0.39, 0.29) is 18.2 Å². The molecule has 2 rings (SSSR count). The minimum atomic E-state index is -1.97. The average molecular weight is 422 g/mol. The largest absolute Gasteiger partial charge is 0.369 e. The highest BCUT2D eigenvalue weighted by atomic mass is 35.6. The van der Waals surface area contributed by atoms with E-state index in [0.717, 1.165) is 12.8 Å². The Bertz CT molecular complexity index is 656. The molecule has 0 saturated heterocycles. The van der Waals surface area contributed by atoms with Gasteiger partial charge < -0.3 is 10.4 Å². The van der Waals surface area contributed by atoms with Crippen molar-refractivity contribution in [2.45, 2.75) is 42.1 Å². The monoisotopic (exact) mass is 420 g/mol. The molecule has 0 unspecified atom stereocenters. The summed E-state index contributed by atoms with van der Waals surface area (Å²) in [5.41, 5.74) is 0.892. The molecule has 6 nitrogen and oxygen atoms in total. The van der Waals surface area contributed by atoms with Gasteiger partial charge in [0.1, 0.15) is 0 Å². The molecule has 3 amide bonds. The van der Waals surface area contributed by atoms with Gasteiger partial charge in [-0.25, -0.2) is 0 Å². The maximum absolute atomic E-state index is 12.2. The summed E-state index contributed by atoms with van der Waals surface area (Å²) < 4.78 is -1.97. The Kier molecular flexibility index (Phi) is 7.29. The van der Waals surface area contributed by atoms with Crippen LogP contribution in [0.1, 0.15) is 52.8 Å². The Morgan fingerprint density at radius 1 is 1.04 bits per heavy atom. The highest BCUT2D eigenvalue weighted by molar-refractivity contribution is 6.68. The molecule has 1 aromatic rings. The Morgan fingerprint density at radius 2 is 1.58 bits per heavy atom. The van der Waals surface area contributed by atoms with E-state index in [1.54, 1.807) is 24.3 Å². The zero-order chi connectivity index (χ0) is 19.3. The van der Waals surface area contributed by atoms with Gasteiger partial charge in [0, 0.05) is 13.0 Å². The number of nitrogens with zero attached hydrogens (tertiary/aromatic N) is 1. The minimum Gasteiger partial charge on any atom is -0.369 e. The van der Waals surface area contributed by atoms with Crippen LogP contribution < -0.4 is 5.32 Å². The fourth-order valence-corrected chi connectivity index (χ4v) is 2.82. The van der Waals surface area contributed by atoms with Crippen molar-refractivity contribution in [1.29, 1.82) is 0 Å². The van der Waals surface area contributed by atoms with E-state index < -0.39 is 15.9 Å². The van der Waals surface area contributed by atoms with Crippen LogP contribution in [0.25, 0.3) is 0 Å². The van der Waals surface area contributed by atoms with Crippen LogP contribution in [0.5, 0.6) is 0 Å². The summed E-state index contributed by atoms with van der Waals surface area (Å²) in [6.45, 7) is 0.352. The van der Waals surface area contributed by atoms with Crippen LogP contribution >= 0.6 is 34.8 Å². The number of benzene rings is 1. The number of halogens is 3. The third-order valence-electron chi connectivity index (χ3n) is 4.02. The highest BCUT2D eigenvalue weighted by Gasteiger charge is 2.34. The number of nitrogens with one attached hydrogen (secondary N) is 1. The maximum atomic E-state index is 12.2. The van der Waals surface area contributed by atoms with Crippen molar-refractivity contribution in [3.63, 3.8) is 0 Å². The molecule has 1 aliphatic rings. The summed E-state index contributed by atoms with van der Waals surface area (Å²) in [6, 6.07) is 6.77. The first-order chi connectivity index (χ1) is 12.2. The molecule has 2 N–H and O–H groups in total. The zero-order valence-corrected chi connectivity index (χ0v) is 16.2. The van der Waals surface area contributed by atoms with Gasteiger partial charge in [-0.3, -0.25) is 19.3 Å². The molecule has 0 aliphatic carbocycles. The second kappa shape index (κ2) is 9.04. The van der Waals surface area contributed by atoms with Crippen LogP contribution in [0.4, 0.5) is 0 Å². The standard InChI is InChI=1S/C17H19Cl3N2O4/c18-17(19,20)16(26)21-13(23)9-3-1-2-6-10-22-14(24)11-7-4-5-8-12(11)15(22)25/h4-5,7-8,16,26H,1-3,6,9-10H2,(H,21,23)/t16-/m1/s1. The van der Waals surface area contributed by atoms with Crippen molar-refractivity contribution in [2.75, 3.05) is 6.54 Å². The van der Waals surface area contributed by atoms with Crippen molar-refractivity contribution in [1.82, 2.24) is 10.2 Å². The van der Waals surface area contributed by atoms with Gasteiger partial charge in [-0.15, -0.1) is 0 Å². The zero-order valence-electron chi connectivity index (χ0n) is 13.9. The Labute approximate surface area is 166 Å². The predicted molar refractivity (Wildman–Crippen MR) is 99.3 cm³/mol. The lowest BCUT2D eigenvalue weighted by Crippen LogP contribution is -2.43. The summed E-state index contributed by atoms with van der Waals surface area (Å²) >= 11 is 16.4. The lowest BCUT2D eigenvalue weighted by molar-refractivity contribution is -0.124. The number of rotatable bonds is 8. The maximum Gasteiger partial charge on any atom is 0.261 e. The normalized spacial score (nSPS) is 15.2. The molecule has 0 saturated carbocycles. The van der Waals surface area contributed by atoms with Crippen molar-refractivity contribution < 1.29 is 19.5 Å². The Hall–Kier alpha value is -1.34. The Balaban J connectivity index is 1.64. The highest BCUT2D eigenvalue weighted by Crippen LogP contribution is 2.29. The molecule has 0 bridgehead atoms. The minimum absolute atomic E-state index is 0.185. The third-order valence-corrected chi connectivity index (χ3v) is 4.64. The topological polar surface area (TPSA) is 86.7 Å². The first kappa shape index (κ1) is 21.0. The number of fused-ring (bicyclic) bond motifs is 1. The molecule has 0 spiro atoms. The quantitative estimate of drug-likeness (QED) is 0.292. The molecule has 1 aromatic carbocycles. The molecule has 26 heavy (non-hydrogen) atoms. The van der Waals surface area contributed by atoms with E-state index in [0.29, 0.717) is 30.5 Å². The SMILES string of the molecule is O=C(CCCCCCN1C(=O)c2ccccc2C1=O)N[C@H](O)C(Cl)(Cl)Cl. The van der Waals surface area contributed by atoms with Gasteiger partial charge in [0.2, 0.25) is 9.70 Å². The van der Waals surface area contributed by atoms with Gasteiger partial charge in [0.25, 0.3) is 11.8 Å². The summed E-state index contributed by atoms with van der Waals surface area (Å²) in [5, 5.41) is 11.6. The molecule has 1 atom stereocenters. The van der Waals surface area contributed by atoms with Crippen LogP contribution in [0.3, 0.4) is 0 Å². The number of imide groups is 1. The number of amides is 3. The first-order valence-electron chi connectivity index (χ1n) is 8.21. The van der Waals surface area contributed by atoms with Crippen LogP contribution in [-0.4, -0.2) is 44.3 Å². The van der Waals surface area contributed by atoms with Gasteiger partial charge >= 0.3 is 0 Å². The van der Waals surface area contributed by atoms with E-state index in [1.165, 1.54) is 4.90 Å². The molecule has 0 radical (unpaired) electrons. The molecule has 0 aromatic heterocycles. The summed E-state index contributed by atoms with van der Waals surface area (Å²) in [4.78, 5) is 37.3. The molecule has 1 aliphatic heterocycles. The molecule has 1 heterocycles. The summed E-state index contributed by atoms with van der Waals surface area (Å²) in [5.74, 6) is -0.930. The molecular formula is C17H19Cl3N2O4. The van der Waals surface area contributed by atoms with Crippen molar-refractivity contribution in [2.24, 2.45) is 0 Å². The van der Waals surface area contributed by atoms with Crippen LogP contribution in [0, 0.1) is 0 Å². The molecule has 0 fully saturated rings. The second-order valence-corrected chi connectivity index (χ2v) is 8.35. The van der Waals surface area contributed by atoms with Crippen molar-refractivity contribution >= 4 is 52.5 Å². The smallest absolute Gasteiger partial charge is 0.261 e. The summed E-state index contributed by atoms with van der Waals surface area (Å²) in [7, 11) is 0. The second-order valence-electron chi connectivity index (χ2n) is 5.98. The van der Waals surface area contributed by atoms with Crippen LogP contribution in [-0.2, 0) is 4.79 Å². The number of aliphatic hydroxyl groups excluding tert-OH is 1. The van der Waals surface area contributed by atoms with Gasteiger partial charge in [-0.05, 0) is 25.0 Å². The lowest BCUT2D eigenvalue weighted by atomic mass is 10.1. The number of carbonyl (C=O) groups excluding carboxylic acids is 3. The van der Waals surface area contributed by atoms with Crippen LogP contribution in [0.2, 0.25) is 0 Å². The fourth-order valence-electron chi connectivity index (χ4n) is 2.66. The van der Waals surface area contributed by atoms with E-state index in [4.69, 9.17) is 34.8 Å². The molecule has 9 heteroatoms. The van der Waals surface area contributed by atoms with Gasteiger partial charge in [0.05, 0.1) is 11.1 Å². The number of aliphatic hydroxyl groups is 1. The first-order valence-corrected chi connectivity index (χ1v) is 9.34. The van der Waals surface area contributed by atoms with Crippen molar-refractivity contribution in [3.05, 3.63) is 35.4 Å². The van der Waals surface area contributed by atoms with E-state index >= 15 is 0 Å². The van der Waals surface area contributed by atoms with E-state index in [1.807, 2.05) is 0 Å².